The Bertz CT molecular complexity index is 145. The number of aliphatic hydroxyl groups excluding tert-OH is 1. The molecule has 0 aliphatic carbocycles. The van der Waals surface area contributed by atoms with Gasteiger partial charge in [-0.15, -0.1) is 0 Å². The van der Waals surface area contributed by atoms with Crippen LogP contribution in [0, 0.1) is 0 Å². The van der Waals surface area contributed by atoms with Gasteiger partial charge in [-0.2, -0.15) is 0 Å². The fourth-order valence-electron chi connectivity index (χ4n) is 2.05. The Hall–Kier alpha value is -0.120. The van der Waals surface area contributed by atoms with Gasteiger partial charge in [-0.1, -0.05) is 0 Å². The Balaban J connectivity index is 1.72. The highest BCUT2D eigenvalue weighted by Crippen LogP contribution is 2.16. The molecule has 2 heterocycles. The molecule has 2 fully saturated rings. The average Bonchev–Trinajstić information content (AvgIpc) is 2.63. The lowest BCUT2D eigenvalue weighted by Gasteiger charge is -2.18. The first-order valence-electron chi connectivity index (χ1n) is 4.86. The summed E-state index contributed by atoms with van der Waals surface area (Å²) in [6.45, 7) is 3.85. The zero-order valence-corrected chi connectivity index (χ0v) is 7.41. The van der Waals surface area contributed by atoms with Crippen LogP contribution >= 0.6 is 0 Å². The van der Waals surface area contributed by atoms with Gasteiger partial charge in [0.05, 0.1) is 12.2 Å². The zero-order chi connectivity index (χ0) is 8.39. The summed E-state index contributed by atoms with van der Waals surface area (Å²) in [5.74, 6) is 0. The fraction of sp³-hybridized carbons (Fsp3) is 1.00. The van der Waals surface area contributed by atoms with Crippen LogP contribution in [0.15, 0.2) is 0 Å². The Labute approximate surface area is 73.3 Å². The first-order valence-corrected chi connectivity index (χ1v) is 4.86. The number of aliphatic hydroxyl groups is 1. The van der Waals surface area contributed by atoms with Crippen molar-refractivity contribution in [3.8, 4) is 0 Å². The largest absolute Gasteiger partial charge is 0.392 e. The van der Waals surface area contributed by atoms with E-state index in [2.05, 4.69) is 4.90 Å². The summed E-state index contributed by atoms with van der Waals surface area (Å²) in [6, 6.07) is 0. The van der Waals surface area contributed by atoms with Crippen LogP contribution in [0.5, 0.6) is 0 Å². The molecule has 1 N–H and O–H groups in total. The van der Waals surface area contributed by atoms with E-state index in [-0.39, 0.29) is 6.10 Å². The first-order chi connectivity index (χ1) is 5.84. The topological polar surface area (TPSA) is 32.7 Å². The molecule has 0 amide bonds. The minimum atomic E-state index is -0.0913. The van der Waals surface area contributed by atoms with E-state index in [9.17, 15) is 5.11 Å². The molecule has 70 valence electrons. The van der Waals surface area contributed by atoms with Crippen LogP contribution in [-0.2, 0) is 4.74 Å². The molecular weight excluding hydrogens is 154 g/mol. The van der Waals surface area contributed by atoms with Crippen LogP contribution in [0.3, 0.4) is 0 Å². The maximum Gasteiger partial charge on any atom is 0.0702 e. The molecule has 0 aromatic heterocycles. The molecule has 0 saturated carbocycles. The SMILES string of the molecule is O[C@H]1CCN(CC2CCCO2)C1. The lowest BCUT2D eigenvalue weighted by Crippen LogP contribution is -2.30. The average molecular weight is 171 g/mol. The molecular formula is C9H17NO2. The van der Waals surface area contributed by atoms with Crippen LogP contribution in [0.2, 0.25) is 0 Å². The Morgan fingerprint density at radius 1 is 1.42 bits per heavy atom. The second-order valence-electron chi connectivity index (χ2n) is 3.84. The third kappa shape index (κ3) is 1.97. The van der Waals surface area contributed by atoms with E-state index in [0.717, 1.165) is 32.7 Å². The summed E-state index contributed by atoms with van der Waals surface area (Å²) < 4.78 is 5.53. The third-order valence-electron chi connectivity index (χ3n) is 2.73. The van der Waals surface area contributed by atoms with Crippen molar-refractivity contribution in [3.63, 3.8) is 0 Å². The van der Waals surface area contributed by atoms with E-state index in [1.807, 2.05) is 0 Å². The predicted molar refractivity (Wildman–Crippen MR) is 46.0 cm³/mol. The van der Waals surface area contributed by atoms with Crippen LogP contribution in [-0.4, -0.2) is 48.5 Å². The minimum absolute atomic E-state index is 0.0913. The molecule has 3 heteroatoms. The van der Waals surface area contributed by atoms with Crippen molar-refractivity contribution in [2.75, 3.05) is 26.2 Å². The van der Waals surface area contributed by atoms with Gasteiger partial charge in [0.2, 0.25) is 0 Å². The van der Waals surface area contributed by atoms with Gasteiger partial charge < -0.3 is 9.84 Å². The van der Waals surface area contributed by atoms with Gasteiger partial charge in [0.1, 0.15) is 0 Å². The molecule has 2 rings (SSSR count). The van der Waals surface area contributed by atoms with Crippen molar-refractivity contribution < 1.29 is 9.84 Å². The highest BCUT2D eigenvalue weighted by Gasteiger charge is 2.24. The van der Waals surface area contributed by atoms with Gasteiger partial charge in [0.15, 0.2) is 0 Å². The number of rotatable bonds is 2. The van der Waals surface area contributed by atoms with Gasteiger partial charge in [-0.25, -0.2) is 0 Å². The van der Waals surface area contributed by atoms with Crippen LogP contribution < -0.4 is 0 Å². The minimum Gasteiger partial charge on any atom is -0.392 e. The van der Waals surface area contributed by atoms with Gasteiger partial charge in [0, 0.05) is 26.2 Å². The van der Waals surface area contributed by atoms with Crippen molar-refractivity contribution in [3.05, 3.63) is 0 Å². The molecule has 0 aromatic rings. The van der Waals surface area contributed by atoms with Crippen LogP contribution in [0.25, 0.3) is 0 Å². The van der Waals surface area contributed by atoms with E-state index in [1.54, 1.807) is 0 Å². The lowest BCUT2D eigenvalue weighted by molar-refractivity contribution is 0.0755. The summed E-state index contributed by atoms with van der Waals surface area (Å²) >= 11 is 0. The summed E-state index contributed by atoms with van der Waals surface area (Å²) in [5.41, 5.74) is 0. The van der Waals surface area contributed by atoms with E-state index in [0.29, 0.717) is 6.10 Å². The van der Waals surface area contributed by atoms with E-state index in [4.69, 9.17) is 4.74 Å². The van der Waals surface area contributed by atoms with Crippen molar-refractivity contribution in [1.82, 2.24) is 4.90 Å². The molecule has 2 saturated heterocycles. The molecule has 1 unspecified atom stereocenters. The van der Waals surface area contributed by atoms with Crippen molar-refractivity contribution in [1.29, 1.82) is 0 Å². The highest BCUT2D eigenvalue weighted by molar-refractivity contribution is 4.78. The Morgan fingerprint density at radius 3 is 2.92 bits per heavy atom. The fourth-order valence-corrected chi connectivity index (χ4v) is 2.05. The van der Waals surface area contributed by atoms with Gasteiger partial charge >= 0.3 is 0 Å². The van der Waals surface area contributed by atoms with Crippen molar-refractivity contribution >= 4 is 0 Å². The van der Waals surface area contributed by atoms with Gasteiger partial charge in [0.25, 0.3) is 0 Å². The zero-order valence-electron chi connectivity index (χ0n) is 7.41. The maximum absolute atomic E-state index is 9.29. The molecule has 0 bridgehead atoms. The van der Waals surface area contributed by atoms with E-state index in [1.165, 1.54) is 12.8 Å². The van der Waals surface area contributed by atoms with Crippen molar-refractivity contribution in [2.24, 2.45) is 0 Å². The number of ether oxygens (including phenoxy) is 1. The molecule has 0 spiro atoms. The number of β-amino-alcohol motifs (C(OH)–C–C–N with tert-alkyl or cyclic N) is 1. The third-order valence-corrected chi connectivity index (χ3v) is 2.73. The number of nitrogens with zero attached hydrogens (tertiary/aromatic N) is 1. The second kappa shape index (κ2) is 3.73. The Kier molecular flexibility index (Phi) is 2.63. The maximum atomic E-state index is 9.29. The van der Waals surface area contributed by atoms with E-state index >= 15 is 0 Å². The number of hydrogen-bond donors (Lipinski definition) is 1. The number of hydrogen-bond acceptors (Lipinski definition) is 3. The normalized spacial score (nSPS) is 37.8. The molecule has 2 aliphatic rings. The van der Waals surface area contributed by atoms with Gasteiger partial charge in [-0.05, 0) is 19.3 Å². The van der Waals surface area contributed by atoms with Crippen LogP contribution in [0.1, 0.15) is 19.3 Å². The molecule has 0 radical (unpaired) electrons. The number of likely N-dealkylation sites (tertiary alicyclic amines) is 1. The van der Waals surface area contributed by atoms with Crippen LogP contribution in [0.4, 0.5) is 0 Å². The molecule has 3 nitrogen and oxygen atoms in total. The summed E-state index contributed by atoms with van der Waals surface area (Å²) in [4.78, 5) is 2.31. The Morgan fingerprint density at radius 2 is 2.33 bits per heavy atom. The molecule has 2 atom stereocenters. The first kappa shape index (κ1) is 8.48. The van der Waals surface area contributed by atoms with Crippen molar-refractivity contribution in [2.45, 2.75) is 31.5 Å². The monoisotopic (exact) mass is 171 g/mol. The molecule has 0 aromatic carbocycles. The predicted octanol–water partition coefficient (Wildman–Crippen LogP) is 0.232. The smallest absolute Gasteiger partial charge is 0.0702 e. The summed E-state index contributed by atoms with van der Waals surface area (Å²) in [5, 5.41) is 9.29. The standard InChI is InChI=1S/C9H17NO2/c11-8-3-4-10(6-8)7-9-2-1-5-12-9/h8-9,11H,1-7H2/t8-,9?/m0/s1. The van der Waals surface area contributed by atoms with Gasteiger partial charge in [-0.3, -0.25) is 4.90 Å². The molecule has 2 aliphatic heterocycles. The second-order valence-corrected chi connectivity index (χ2v) is 3.84. The van der Waals surface area contributed by atoms with E-state index < -0.39 is 0 Å². The molecule has 12 heavy (non-hydrogen) atoms. The highest BCUT2D eigenvalue weighted by atomic mass is 16.5. The summed E-state index contributed by atoms with van der Waals surface area (Å²) in [7, 11) is 0. The quantitative estimate of drug-likeness (QED) is 0.645. The summed E-state index contributed by atoms with van der Waals surface area (Å²) in [6.07, 6.45) is 3.70. The lowest BCUT2D eigenvalue weighted by atomic mass is 10.2.